The molecule has 8 heteroatoms. The zero-order valence-corrected chi connectivity index (χ0v) is 10.0. The first-order valence-electron chi connectivity index (χ1n) is 4.92. The van der Waals surface area contributed by atoms with Gasteiger partial charge in [0.2, 0.25) is 10.0 Å². The first-order chi connectivity index (χ1) is 8.34. The highest BCUT2D eigenvalue weighted by molar-refractivity contribution is 7.88. The largest absolute Gasteiger partial charge is 0.480 e. The third-order valence-corrected chi connectivity index (χ3v) is 3.43. The second-order valence-electron chi connectivity index (χ2n) is 3.58. The molecule has 0 radical (unpaired) electrons. The topological polar surface area (TPSA) is 104 Å². The van der Waals surface area contributed by atoms with Crippen LogP contribution in [0.2, 0.25) is 0 Å². The predicted molar refractivity (Wildman–Crippen MR) is 60.7 cm³/mol. The molecule has 1 unspecified atom stereocenters. The normalized spacial score (nSPS) is 13.2. The fourth-order valence-electron chi connectivity index (χ4n) is 1.22. The van der Waals surface area contributed by atoms with Gasteiger partial charge in [-0.2, -0.15) is 4.72 Å². The Balaban J connectivity index is 2.76. The van der Waals surface area contributed by atoms with Crippen LogP contribution in [-0.4, -0.2) is 37.2 Å². The van der Waals surface area contributed by atoms with Crippen molar-refractivity contribution in [3.63, 3.8) is 0 Å². The van der Waals surface area contributed by atoms with Gasteiger partial charge in [-0.3, -0.25) is 4.79 Å². The van der Waals surface area contributed by atoms with Crippen LogP contribution in [0.1, 0.15) is 5.56 Å². The van der Waals surface area contributed by atoms with E-state index in [0.717, 1.165) is 12.1 Å². The van der Waals surface area contributed by atoms with Crippen LogP contribution in [0.3, 0.4) is 0 Å². The summed E-state index contributed by atoms with van der Waals surface area (Å²) in [5.74, 6) is -2.46. The van der Waals surface area contributed by atoms with E-state index in [1.165, 1.54) is 12.1 Å². The third-order valence-electron chi connectivity index (χ3n) is 2.07. The van der Waals surface area contributed by atoms with Crippen molar-refractivity contribution < 1.29 is 27.8 Å². The Kier molecular flexibility index (Phi) is 4.76. The van der Waals surface area contributed by atoms with E-state index in [4.69, 9.17) is 10.2 Å². The molecule has 1 atom stereocenters. The number of carboxylic acid groups (broad SMARTS) is 1. The molecule has 0 amide bonds. The van der Waals surface area contributed by atoms with E-state index in [-0.39, 0.29) is 0 Å². The monoisotopic (exact) mass is 277 g/mol. The van der Waals surface area contributed by atoms with E-state index in [9.17, 15) is 17.6 Å². The Bertz CT molecular complexity index is 514. The molecule has 1 aromatic carbocycles. The van der Waals surface area contributed by atoms with Crippen molar-refractivity contribution in [2.45, 2.75) is 11.8 Å². The first kappa shape index (κ1) is 14.6. The molecule has 0 aliphatic heterocycles. The molecule has 6 nitrogen and oxygen atoms in total. The molecule has 0 saturated carbocycles. The molecule has 1 rings (SSSR count). The summed E-state index contributed by atoms with van der Waals surface area (Å²) in [6.45, 7) is -0.849. The van der Waals surface area contributed by atoms with Gasteiger partial charge < -0.3 is 10.2 Å². The number of aliphatic hydroxyl groups is 1. The Morgan fingerprint density at radius 1 is 1.33 bits per heavy atom. The molecule has 0 spiro atoms. The number of rotatable bonds is 6. The maximum atomic E-state index is 12.6. The molecule has 100 valence electrons. The first-order valence-corrected chi connectivity index (χ1v) is 6.57. The predicted octanol–water partition coefficient (Wildman–Crippen LogP) is -0.309. The van der Waals surface area contributed by atoms with Crippen molar-refractivity contribution in [1.29, 1.82) is 0 Å². The number of benzene rings is 1. The highest BCUT2D eigenvalue weighted by Gasteiger charge is 2.23. The summed E-state index contributed by atoms with van der Waals surface area (Å²) in [4.78, 5) is 10.6. The number of carboxylic acids is 1. The summed E-state index contributed by atoms with van der Waals surface area (Å²) in [5, 5.41) is 17.3. The van der Waals surface area contributed by atoms with Gasteiger partial charge in [-0.15, -0.1) is 0 Å². The van der Waals surface area contributed by atoms with Gasteiger partial charge in [-0.25, -0.2) is 12.8 Å². The molecule has 0 fully saturated rings. The van der Waals surface area contributed by atoms with Crippen LogP contribution >= 0.6 is 0 Å². The molecular weight excluding hydrogens is 265 g/mol. The Hall–Kier alpha value is -1.51. The van der Waals surface area contributed by atoms with Crippen LogP contribution in [0, 0.1) is 5.82 Å². The van der Waals surface area contributed by atoms with Crippen LogP contribution in [-0.2, 0) is 20.6 Å². The number of hydrogen-bond donors (Lipinski definition) is 3. The van der Waals surface area contributed by atoms with E-state index in [0.29, 0.717) is 5.56 Å². The second kappa shape index (κ2) is 5.89. The number of carbonyl (C=O) groups is 1. The minimum Gasteiger partial charge on any atom is -0.480 e. The Labute approximate surface area is 103 Å². The molecule has 0 aliphatic carbocycles. The van der Waals surface area contributed by atoms with Gasteiger partial charge in [-0.05, 0) is 17.7 Å². The van der Waals surface area contributed by atoms with Crippen LogP contribution in [0.5, 0.6) is 0 Å². The maximum Gasteiger partial charge on any atom is 0.324 e. The van der Waals surface area contributed by atoms with Gasteiger partial charge in [0.15, 0.2) is 0 Å². The lowest BCUT2D eigenvalue weighted by molar-refractivity contribution is -0.139. The van der Waals surface area contributed by atoms with Gasteiger partial charge in [0.1, 0.15) is 11.9 Å². The zero-order valence-electron chi connectivity index (χ0n) is 9.21. The summed E-state index contributed by atoms with van der Waals surface area (Å²) >= 11 is 0. The van der Waals surface area contributed by atoms with E-state index < -0.39 is 40.2 Å². The smallest absolute Gasteiger partial charge is 0.324 e. The lowest BCUT2D eigenvalue weighted by atomic mass is 10.2. The van der Waals surface area contributed by atoms with E-state index in [2.05, 4.69) is 0 Å². The number of nitrogens with one attached hydrogen (secondary N) is 1. The lowest BCUT2D eigenvalue weighted by Gasteiger charge is -2.12. The van der Waals surface area contributed by atoms with E-state index in [1.807, 2.05) is 4.72 Å². The van der Waals surface area contributed by atoms with Crippen molar-refractivity contribution >= 4 is 16.0 Å². The van der Waals surface area contributed by atoms with Gasteiger partial charge in [0.05, 0.1) is 12.4 Å². The standard InChI is InChI=1S/C10H12FNO5S/c11-8-3-1-7(2-4-8)6-18(16,17)12-9(5-13)10(14)15/h1-4,9,12-13H,5-6H2,(H,14,15). The molecule has 0 saturated heterocycles. The fraction of sp³-hybridized carbons (Fsp3) is 0.300. The summed E-state index contributed by atoms with van der Waals surface area (Å²) in [5.41, 5.74) is 0.311. The van der Waals surface area contributed by atoms with Crippen molar-refractivity contribution in [2.24, 2.45) is 0 Å². The van der Waals surface area contributed by atoms with Gasteiger partial charge in [0, 0.05) is 0 Å². The van der Waals surface area contributed by atoms with Crippen molar-refractivity contribution in [2.75, 3.05) is 6.61 Å². The van der Waals surface area contributed by atoms with Crippen LogP contribution < -0.4 is 4.72 Å². The number of aliphatic hydroxyl groups excluding tert-OH is 1. The van der Waals surface area contributed by atoms with E-state index in [1.54, 1.807) is 0 Å². The minimum atomic E-state index is -3.92. The highest BCUT2D eigenvalue weighted by atomic mass is 32.2. The van der Waals surface area contributed by atoms with Crippen molar-refractivity contribution in [1.82, 2.24) is 4.72 Å². The molecule has 0 bridgehead atoms. The van der Waals surface area contributed by atoms with Crippen molar-refractivity contribution in [3.8, 4) is 0 Å². The second-order valence-corrected chi connectivity index (χ2v) is 5.33. The third kappa shape index (κ3) is 4.40. The molecule has 0 aromatic heterocycles. The number of aliphatic carboxylic acids is 1. The van der Waals surface area contributed by atoms with Crippen LogP contribution in [0.4, 0.5) is 4.39 Å². The zero-order chi connectivity index (χ0) is 13.8. The van der Waals surface area contributed by atoms with Crippen molar-refractivity contribution in [3.05, 3.63) is 35.6 Å². The van der Waals surface area contributed by atoms with E-state index >= 15 is 0 Å². The lowest BCUT2D eigenvalue weighted by Crippen LogP contribution is -2.43. The molecule has 0 heterocycles. The quantitative estimate of drug-likeness (QED) is 0.661. The maximum absolute atomic E-state index is 12.6. The molecule has 1 aromatic rings. The Morgan fingerprint density at radius 3 is 2.33 bits per heavy atom. The SMILES string of the molecule is O=C(O)C(CO)NS(=O)(=O)Cc1ccc(F)cc1. The number of sulfonamides is 1. The van der Waals surface area contributed by atoms with Gasteiger partial charge >= 0.3 is 5.97 Å². The molecule has 18 heavy (non-hydrogen) atoms. The average molecular weight is 277 g/mol. The summed E-state index contributed by atoms with van der Waals surface area (Å²) in [6, 6.07) is 3.18. The molecular formula is C10H12FNO5S. The summed E-state index contributed by atoms with van der Waals surface area (Å²) in [6.07, 6.45) is 0. The van der Waals surface area contributed by atoms with Gasteiger partial charge in [-0.1, -0.05) is 12.1 Å². The fourth-order valence-corrected chi connectivity index (χ4v) is 2.55. The number of halogens is 1. The summed E-state index contributed by atoms with van der Waals surface area (Å²) in [7, 11) is -3.92. The molecule has 3 N–H and O–H groups in total. The average Bonchev–Trinajstić information content (AvgIpc) is 2.28. The summed E-state index contributed by atoms with van der Waals surface area (Å²) < 4.78 is 37.6. The van der Waals surface area contributed by atoms with Crippen LogP contribution in [0.15, 0.2) is 24.3 Å². The van der Waals surface area contributed by atoms with Gasteiger partial charge in [0.25, 0.3) is 0 Å². The molecule has 0 aliphatic rings. The minimum absolute atomic E-state index is 0.311. The Morgan fingerprint density at radius 2 is 1.89 bits per heavy atom. The highest BCUT2D eigenvalue weighted by Crippen LogP contribution is 2.07. The number of hydrogen-bond acceptors (Lipinski definition) is 4. The van der Waals surface area contributed by atoms with Crippen LogP contribution in [0.25, 0.3) is 0 Å².